The van der Waals surface area contributed by atoms with E-state index >= 15 is 0 Å². The number of hydrogen-bond acceptors (Lipinski definition) is 3. The van der Waals surface area contributed by atoms with Crippen molar-refractivity contribution < 1.29 is 23.9 Å². The lowest BCUT2D eigenvalue weighted by Gasteiger charge is -2.20. The van der Waals surface area contributed by atoms with Gasteiger partial charge >= 0.3 is 12.0 Å². The quantitative estimate of drug-likeness (QED) is 0.720. The SMILES string of the molecule is CC1(C(=O)O)CCN(C(=O)NCc2ccc(NC(=O)c3ccc(F)cc3)cc2)C1. The minimum Gasteiger partial charge on any atom is -0.481 e. The first-order valence-electron chi connectivity index (χ1n) is 9.19. The Hall–Kier alpha value is -3.42. The van der Waals surface area contributed by atoms with Crippen LogP contribution in [0.3, 0.4) is 0 Å². The van der Waals surface area contributed by atoms with Crippen molar-refractivity contribution in [3.63, 3.8) is 0 Å². The number of nitrogens with zero attached hydrogens (tertiary/aromatic N) is 1. The highest BCUT2D eigenvalue weighted by molar-refractivity contribution is 6.04. The molecule has 0 spiro atoms. The number of rotatable bonds is 5. The van der Waals surface area contributed by atoms with Gasteiger partial charge in [0.25, 0.3) is 5.91 Å². The van der Waals surface area contributed by atoms with Crippen LogP contribution in [-0.4, -0.2) is 41.0 Å². The van der Waals surface area contributed by atoms with E-state index in [1.54, 1.807) is 31.2 Å². The third-order valence-corrected chi connectivity index (χ3v) is 5.04. The number of amides is 3. The van der Waals surface area contributed by atoms with Gasteiger partial charge in [-0.25, -0.2) is 9.18 Å². The van der Waals surface area contributed by atoms with Gasteiger partial charge in [-0.3, -0.25) is 9.59 Å². The van der Waals surface area contributed by atoms with Crippen LogP contribution in [0, 0.1) is 11.2 Å². The molecule has 0 bridgehead atoms. The molecule has 8 heteroatoms. The average Bonchev–Trinajstić information content (AvgIpc) is 3.11. The molecular formula is C21H22FN3O4. The third kappa shape index (κ3) is 4.90. The van der Waals surface area contributed by atoms with Crippen molar-refractivity contribution in [3.8, 4) is 0 Å². The zero-order valence-electron chi connectivity index (χ0n) is 15.9. The minimum absolute atomic E-state index is 0.183. The summed E-state index contributed by atoms with van der Waals surface area (Å²) in [6, 6.07) is 11.9. The Kier molecular flexibility index (Phi) is 5.81. The van der Waals surface area contributed by atoms with Gasteiger partial charge in [0.2, 0.25) is 0 Å². The monoisotopic (exact) mass is 399 g/mol. The summed E-state index contributed by atoms with van der Waals surface area (Å²) in [6.07, 6.45) is 0.429. The van der Waals surface area contributed by atoms with E-state index in [-0.39, 0.29) is 25.0 Å². The number of carboxylic acid groups (broad SMARTS) is 1. The van der Waals surface area contributed by atoms with Gasteiger partial charge in [-0.1, -0.05) is 12.1 Å². The van der Waals surface area contributed by atoms with E-state index < -0.39 is 17.2 Å². The normalized spacial score (nSPS) is 18.3. The number of aliphatic carboxylic acids is 1. The Morgan fingerprint density at radius 3 is 2.34 bits per heavy atom. The molecule has 152 valence electrons. The van der Waals surface area contributed by atoms with Crippen molar-refractivity contribution >= 4 is 23.6 Å². The van der Waals surface area contributed by atoms with Gasteiger partial charge < -0.3 is 20.6 Å². The second-order valence-corrected chi connectivity index (χ2v) is 7.35. The van der Waals surface area contributed by atoms with Gasteiger partial charge in [0.05, 0.1) is 5.41 Å². The topological polar surface area (TPSA) is 98.7 Å². The number of carbonyl (C=O) groups is 3. The first kappa shape index (κ1) is 20.3. The molecule has 0 aliphatic carbocycles. The summed E-state index contributed by atoms with van der Waals surface area (Å²) in [6.45, 7) is 2.51. The third-order valence-electron chi connectivity index (χ3n) is 5.04. The number of hydrogen-bond donors (Lipinski definition) is 3. The van der Waals surface area contributed by atoms with Gasteiger partial charge in [0.1, 0.15) is 5.82 Å². The Morgan fingerprint density at radius 1 is 1.10 bits per heavy atom. The molecule has 1 aliphatic rings. The number of carboxylic acids is 1. The fourth-order valence-corrected chi connectivity index (χ4v) is 3.11. The van der Waals surface area contributed by atoms with Crippen molar-refractivity contribution in [1.82, 2.24) is 10.2 Å². The first-order valence-corrected chi connectivity index (χ1v) is 9.19. The second kappa shape index (κ2) is 8.30. The Balaban J connectivity index is 1.50. The van der Waals surface area contributed by atoms with Crippen LogP contribution in [0.15, 0.2) is 48.5 Å². The zero-order chi connectivity index (χ0) is 21.0. The lowest BCUT2D eigenvalue weighted by molar-refractivity contribution is -0.147. The highest BCUT2D eigenvalue weighted by Gasteiger charge is 2.42. The van der Waals surface area contributed by atoms with Crippen LogP contribution in [0.2, 0.25) is 0 Å². The molecule has 2 aromatic carbocycles. The number of anilines is 1. The maximum absolute atomic E-state index is 12.9. The Bertz CT molecular complexity index is 915. The van der Waals surface area contributed by atoms with Crippen LogP contribution in [0.5, 0.6) is 0 Å². The number of nitrogens with one attached hydrogen (secondary N) is 2. The summed E-state index contributed by atoms with van der Waals surface area (Å²) < 4.78 is 12.9. The maximum atomic E-state index is 12.9. The van der Waals surface area contributed by atoms with Crippen LogP contribution in [-0.2, 0) is 11.3 Å². The summed E-state index contributed by atoms with van der Waals surface area (Å²) in [5.41, 5.74) is 0.855. The van der Waals surface area contributed by atoms with Gasteiger partial charge in [0, 0.05) is 30.9 Å². The molecule has 1 aliphatic heterocycles. The molecule has 1 fully saturated rings. The fraction of sp³-hybridized carbons (Fsp3) is 0.286. The van der Waals surface area contributed by atoms with Crippen molar-refractivity contribution in [2.75, 3.05) is 18.4 Å². The molecule has 1 saturated heterocycles. The van der Waals surface area contributed by atoms with E-state index in [2.05, 4.69) is 10.6 Å². The molecule has 1 heterocycles. The number of likely N-dealkylation sites (tertiary alicyclic amines) is 1. The van der Waals surface area contributed by atoms with Crippen molar-refractivity contribution in [1.29, 1.82) is 0 Å². The molecule has 0 aromatic heterocycles. The number of benzene rings is 2. The molecule has 1 atom stereocenters. The van der Waals surface area contributed by atoms with Crippen LogP contribution >= 0.6 is 0 Å². The minimum atomic E-state index is -0.901. The Morgan fingerprint density at radius 2 is 1.76 bits per heavy atom. The van der Waals surface area contributed by atoms with E-state index in [4.69, 9.17) is 0 Å². The largest absolute Gasteiger partial charge is 0.481 e. The molecule has 7 nitrogen and oxygen atoms in total. The van der Waals surface area contributed by atoms with Crippen molar-refractivity contribution in [2.24, 2.45) is 5.41 Å². The van der Waals surface area contributed by atoms with Gasteiger partial charge in [-0.2, -0.15) is 0 Å². The standard InChI is InChI=1S/C21H22FN3O4/c1-21(19(27)28)10-11-25(13-21)20(29)23-12-14-2-8-17(9-3-14)24-18(26)15-4-6-16(22)7-5-15/h2-9H,10-13H2,1H3,(H,23,29)(H,24,26)(H,27,28). The predicted octanol–water partition coefficient (Wildman–Crippen LogP) is 3.08. The molecule has 1 unspecified atom stereocenters. The highest BCUT2D eigenvalue weighted by atomic mass is 19.1. The molecule has 0 saturated carbocycles. The summed E-state index contributed by atoms with van der Waals surface area (Å²) in [4.78, 5) is 37.2. The number of carbonyl (C=O) groups excluding carboxylic acids is 2. The van der Waals surface area contributed by atoms with Crippen molar-refractivity contribution in [2.45, 2.75) is 19.9 Å². The zero-order valence-corrected chi connectivity index (χ0v) is 15.9. The second-order valence-electron chi connectivity index (χ2n) is 7.35. The van der Waals surface area contributed by atoms with Crippen LogP contribution in [0.1, 0.15) is 29.3 Å². The van der Waals surface area contributed by atoms with E-state index in [1.165, 1.54) is 29.2 Å². The summed E-state index contributed by atoms with van der Waals surface area (Å²) in [5.74, 6) is -1.65. The summed E-state index contributed by atoms with van der Waals surface area (Å²) >= 11 is 0. The van der Waals surface area contributed by atoms with Crippen LogP contribution < -0.4 is 10.6 Å². The Labute approximate surface area is 167 Å². The predicted molar refractivity (Wildman–Crippen MR) is 105 cm³/mol. The van der Waals surface area contributed by atoms with E-state index in [0.717, 1.165) is 5.56 Å². The van der Waals surface area contributed by atoms with Crippen molar-refractivity contribution in [3.05, 3.63) is 65.5 Å². The van der Waals surface area contributed by atoms with Crippen LogP contribution in [0.25, 0.3) is 0 Å². The van der Waals surface area contributed by atoms with Gasteiger partial charge in [-0.05, 0) is 55.3 Å². The maximum Gasteiger partial charge on any atom is 0.317 e. The summed E-state index contributed by atoms with van der Waals surface area (Å²) in [5, 5.41) is 14.8. The fourth-order valence-electron chi connectivity index (χ4n) is 3.11. The lowest BCUT2D eigenvalue weighted by Crippen LogP contribution is -2.40. The molecule has 0 radical (unpaired) electrons. The van der Waals surface area contributed by atoms with Gasteiger partial charge in [0.15, 0.2) is 0 Å². The average molecular weight is 399 g/mol. The number of halogens is 1. The smallest absolute Gasteiger partial charge is 0.317 e. The van der Waals surface area contributed by atoms with Gasteiger partial charge in [-0.15, -0.1) is 0 Å². The molecule has 3 N–H and O–H groups in total. The molecule has 3 rings (SSSR count). The van der Waals surface area contributed by atoms with E-state index in [1.807, 2.05) is 0 Å². The van der Waals surface area contributed by atoms with E-state index in [9.17, 15) is 23.9 Å². The first-order chi connectivity index (χ1) is 13.8. The molecular weight excluding hydrogens is 377 g/mol. The lowest BCUT2D eigenvalue weighted by atomic mass is 9.90. The van der Waals surface area contributed by atoms with E-state index in [0.29, 0.717) is 24.2 Å². The van der Waals surface area contributed by atoms with Crippen LogP contribution in [0.4, 0.5) is 14.9 Å². The highest BCUT2D eigenvalue weighted by Crippen LogP contribution is 2.30. The number of urea groups is 1. The molecule has 3 amide bonds. The summed E-state index contributed by atoms with van der Waals surface area (Å²) in [7, 11) is 0. The molecule has 2 aromatic rings. The molecule has 29 heavy (non-hydrogen) atoms.